The third-order valence-electron chi connectivity index (χ3n) is 2.17. The summed E-state index contributed by atoms with van der Waals surface area (Å²) < 4.78 is 33.9. The number of halogens is 3. The summed E-state index contributed by atoms with van der Waals surface area (Å²) in [5.41, 5.74) is 0.176. The van der Waals surface area contributed by atoms with Gasteiger partial charge in [0.2, 0.25) is 0 Å². The Morgan fingerprint density at radius 2 is 2.16 bits per heavy atom. The molecule has 0 amide bonds. The Hall–Kier alpha value is -1.50. The van der Waals surface area contributed by atoms with Crippen molar-refractivity contribution in [2.45, 2.75) is 20.0 Å². The first kappa shape index (κ1) is 15.6. The number of alkyl halides is 2. The summed E-state index contributed by atoms with van der Waals surface area (Å²) >= 11 is 3.10. The fourth-order valence-corrected chi connectivity index (χ4v) is 1.97. The molecule has 0 fully saturated rings. The predicted octanol–water partition coefficient (Wildman–Crippen LogP) is 2.97. The number of aldehydes is 1. The lowest BCUT2D eigenvalue weighted by Crippen LogP contribution is -2.11. The third-order valence-corrected chi connectivity index (χ3v) is 2.62. The lowest BCUT2D eigenvalue weighted by atomic mass is 10.0. The molecule has 1 rings (SSSR count). The van der Waals surface area contributed by atoms with Gasteiger partial charge in [0.25, 0.3) is 0 Å². The summed E-state index contributed by atoms with van der Waals surface area (Å²) in [7, 11) is 0. The smallest absolute Gasteiger partial charge is 0.387 e. The maximum Gasteiger partial charge on any atom is 0.387 e. The van der Waals surface area contributed by atoms with Gasteiger partial charge in [-0.1, -0.05) is 15.9 Å². The molecule has 0 unspecified atom stereocenters. The van der Waals surface area contributed by atoms with Crippen LogP contribution in [0.15, 0.2) is 16.6 Å². The van der Waals surface area contributed by atoms with E-state index in [1.807, 2.05) is 0 Å². The van der Waals surface area contributed by atoms with Crippen LogP contribution in [0.3, 0.4) is 0 Å². The van der Waals surface area contributed by atoms with Crippen LogP contribution in [-0.4, -0.2) is 25.5 Å². The van der Waals surface area contributed by atoms with Gasteiger partial charge in [-0.2, -0.15) is 8.78 Å². The van der Waals surface area contributed by atoms with E-state index in [1.54, 1.807) is 6.92 Å². The van der Waals surface area contributed by atoms with Crippen LogP contribution >= 0.6 is 15.9 Å². The Morgan fingerprint density at radius 3 is 2.68 bits per heavy atom. The number of ether oxygens (including phenoxy) is 2. The molecule has 0 heterocycles. The zero-order valence-electron chi connectivity index (χ0n) is 9.99. The van der Waals surface area contributed by atoms with Crippen LogP contribution in [0.2, 0.25) is 0 Å². The van der Waals surface area contributed by atoms with Crippen LogP contribution in [0.5, 0.6) is 5.75 Å². The molecule has 0 aliphatic heterocycles. The van der Waals surface area contributed by atoms with E-state index in [0.29, 0.717) is 10.8 Å². The molecule has 4 nitrogen and oxygen atoms in total. The Balaban J connectivity index is 3.11. The second-order valence-corrected chi connectivity index (χ2v) is 4.37. The first-order chi connectivity index (χ1) is 8.97. The van der Waals surface area contributed by atoms with Gasteiger partial charge in [0.1, 0.15) is 5.75 Å². The molecule has 104 valence electrons. The molecule has 7 heteroatoms. The number of carbonyl (C=O) groups excluding carboxylic acids is 2. The van der Waals surface area contributed by atoms with Gasteiger partial charge in [0, 0.05) is 4.47 Å². The summed E-state index contributed by atoms with van der Waals surface area (Å²) in [4.78, 5) is 22.4. The minimum Gasteiger partial charge on any atom is -0.466 e. The number of benzene rings is 1. The van der Waals surface area contributed by atoms with Crippen LogP contribution < -0.4 is 4.74 Å². The van der Waals surface area contributed by atoms with Crippen molar-refractivity contribution in [1.82, 2.24) is 0 Å². The summed E-state index contributed by atoms with van der Waals surface area (Å²) in [6, 6.07) is 2.73. The van der Waals surface area contributed by atoms with E-state index >= 15 is 0 Å². The molecule has 1 aromatic carbocycles. The molecule has 0 radical (unpaired) electrons. The molecule has 0 spiro atoms. The second kappa shape index (κ2) is 7.18. The standard InChI is InChI=1S/C12H11BrF2O4/c1-2-18-11(17)4-7-3-8(13)5-10(9(7)6-16)19-12(14)15/h3,5-6,12H,2,4H2,1H3. The Bertz CT molecular complexity index is 477. The van der Waals surface area contributed by atoms with Crippen molar-refractivity contribution in [1.29, 1.82) is 0 Å². The zero-order chi connectivity index (χ0) is 14.4. The van der Waals surface area contributed by atoms with Crippen molar-refractivity contribution in [2.75, 3.05) is 6.61 Å². The molecule has 0 N–H and O–H groups in total. The number of carbonyl (C=O) groups is 2. The average molecular weight is 337 g/mol. The fraction of sp³-hybridized carbons (Fsp3) is 0.333. The first-order valence-corrected chi connectivity index (χ1v) is 6.15. The maximum atomic E-state index is 12.2. The SMILES string of the molecule is CCOC(=O)Cc1cc(Br)cc(OC(F)F)c1C=O. The molecule has 0 aromatic heterocycles. The highest BCUT2D eigenvalue weighted by Gasteiger charge is 2.17. The lowest BCUT2D eigenvalue weighted by Gasteiger charge is -2.12. The average Bonchev–Trinajstić information content (AvgIpc) is 2.27. The van der Waals surface area contributed by atoms with Crippen LogP contribution in [0.25, 0.3) is 0 Å². The number of hydrogen-bond acceptors (Lipinski definition) is 4. The van der Waals surface area contributed by atoms with Gasteiger partial charge in [-0.15, -0.1) is 0 Å². The number of esters is 1. The largest absolute Gasteiger partial charge is 0.466 e. The van der Waals surface area contributed by atoms with E-state index in [0.717, 1.165) is 0 Å². The Morgan fingerprint density at radius 1 is 1.47 bits per heavy atom. The molecule has 0 saturated heterocycles. The van der Waals surface area contributed by atoms with E-state index < -0.39 is 12.6 Å². The Kier molecular flexibility index (Phi) is 5.88. The van der Waals surface area contributed by atoms with Crippen molar-refractivity contribution >= 4 is 28.2 Å². The maximum absolute atomic E-state index is 12.2. The van der Waals surface area contributed by atoms with Crippen molar-refractivity contribution in [3.8, 4) is 5.75 Å². The normalized spacial score (nSPS) is 10.4. The van der Waals surface area contributed by atoms with Gasteiger partial charge in [-0.25, -0.2) is 0 Å². The molecule has 0 aliphatic rings. The van der Waals surface area contributed by atoms with E-state index in [1.165, 1.54) is 12.1 Å². The van der Waals surface area contributed by atoms with Gasteiger partial charge >= 0.3 is 12.6 Å². The molecule has 0 aliphatic carbocycles. The summed E-state index contributed by atoms with van der Waals surface area (Å²) in [6.45, 7) is -1.21. The Labute approximate surface area is 116 Å². The topological polar surface area (TPSA) is 52.6 Å². The van der Waals surface area contributed by atoms with Crippen LogP contribution in [-0.2, 0) is 16.0 Å². The summed E-state index contributed by atoms with van der Waals surface area (Å²) in [5.74, 6) is -0.828. The summed E-state index contributed by atoms with van der Waals surface area (Å²) in [6.07, 6.45) is 0.180. The quantitative estimate of drug-likeness (QED) is 0.592. The second-order valence-electron chi connectivity index (χ2n) is 3.45. The third kappa shape index (κ3) is 4.59. The highest BCUT2D eigenvalue weighted by Crippen LogP contribution is 2.28. The van der Waals surface area contributed by atoms with Crippen LogP contribution in [0.4, 0.5) is 8.78 Å². The van der Waals surface area contributed by atoms with E-state index in [-0.39, 0.29) is 29.9 Å². The highest BCUT2D eigenvalue weighted by molar-refractivity contribution is 9.10. The van der Waals surface area contributed by atoms with Crippen molar-refractivity contribution in [3.05, 3.63) is 27.7 Å². The van der Waals surface area contributed by atoms with Gasteiger partial charge in [0.15, 0.2) is 6.29 Å². The molecular formula is C12H11BrF2O4. The van der Waals surface area contributed by atoms with E-state index in [4.69, 9.17) is 4.74 Å². The molecule has 0 atom stereocenters. The van der Waals surface area contributed by atoms with Crippen LogP contribution in [0, 0.1) is 0 Å². The summed E-state index contributed by atoms with van der Waals surface area (Å²) in [5, 5.41) is 0. The van der Waals surface area contributed by atoms with Gasteiger partial charge in [-0.05, 0) is 24.6 Å². The van der Waals surface area contributed by atoms with Gasteiger partial charge < -0.3 is 9.47 Å². The molecular weight excluding hydrogens is 326 g/mol. The first-order valence-electron chi connectivity index (χ1n) is 5.36. The van der Waals surface area contributed by atoms with Gasteiger partial charge in [0.05, 0.1) is 18.6 Å². The number of hydrogen-bond donors (Lipinski definition) is 0. The van der Waals surface area contributed by atoms with Gasteiger partial charge in [-0.3, -0.25) is 9.59 Å². The van der Waals surface area contributed by atoms with Crippen molar-refractivity contribution in [2.24, 2.45) is 0 Å². The van der Waals surface area contributed by atoms with E-state index in [9.17, 15) is 18.4 Å². The minimum atomic E-state index is -3.05. The van der Waals surface area contributed by atoms with E-state index in [2.05, 4.69) is 20.7 Å². The monoisotopic (exact) mass is 336 g/mol. The minimum absolute atomic E-state index is 0.0865. The molecule has 19 heavy (non-hydrogen) atoms. The zero-order valence-corrected chi connectivity index (χ0v) is 11.6. The molecule has 0 bridgehead atoms. The number of rotatable bonds is 6. The molecule has 0 saturated carbocycles. The lowest BCUT2D eigenvalue weighted by molar-refractivity contribution is -0.142. The van der Waals surface area contributed by atoms with Crippen molar-refractivity contribution < 1.29 is 27.8 Å². The molecule has 1 aromatic rings. The predicted molar refractivity (Wildman–Crippen MR) is 66.5 cm³/mol. The highest BCUT2D eigenvalue weighted by atomic mass is 79.9. The van der Waals surface area contributed by atoms with Crippen LogP contribution in [0.1, 0.15) is 22.8 Å². The fourth-order valence-electron chi connectivity index (χ4n) is 1.49. The van der Waals surface area contributed by atoms with Crippen molar-refractivity contribution in [3.63, 3.8) is 0 Å².